The number of nitrogens with one attached hydrogen (secondary N) is 2. The Hall–Kier alpha value is -5.13. The Labute approximate surface area is 261 Å². The number of benzene rings is 2. The Morgan fingerprint density at radius 3 is 2.33 bits per heavy atom. The van der Waals surface area contributed by atoms with Gasteiger partial charge in [-0.15, -0.1) is 0 Å². The van der Waals surface area contributed by atoms with Crippen LogP contribution >= 0.6 is 0 Å². The molecule has 1 aromatic heterocycles. The molecule has 3 aromatic rings. The summed E-state index contributed by atoms with van der Waals surface area (Å²) in [6, 6.07) is 12.4. The number of fused-ring (bicyclic) bond motifs is 1. The summed E-state index contributed by atoms with van der Waals surface area (Å²) in [5.41, 5.74) is 2.11. The van der Waals surface area contributed by atoms with E-state index >= 15 is 0 Å². The monoisotopic (exact) mass is 615 g/mol. The molecule has 2 aliphatic heterocycles. The minimum atomic E-state index is -1.07. The van der Waals surface area contributed by atoms with Crippen molar-refractivity contribution in [3.8, 4) is 11.5 Å². The predicted molar refractivity (Wildman–Crippen MR) is 167 cm³/mol. The minimum Gasteiger partial charge on any atom is -0.481 e. The van der Waals surface area contributed by atoms with Gasteiger partial charge in [0, 0.05) is 56.1 Å². The highest BCUT2D eigenvalue weighted by Crippen LogP contribution is 2.34. The van der Waals surface area contributed by atoms with Crippen molar-refractivity contribution < 1.29 is 33.8 Å². The normalized spacial score (nSPS) is 14.9. The van der Waals surface area contributed by atoms with Crippen molar-refractivity contribution in [2.24, 2.45) is 5.41 Å². The zero-order chi connectivity index (χ0) is 32.1. The van der Waals surface area contributed by atoms with Gasteiger partial charge in [-0.2, -0.15) is 0 Å². The Morgan fingerprint density at radius 2 is 1.64 bits per heavy atom. The lowest BCUT2D eigenvalue weighted by Gasteiger charge is -2.38. The Morgan fingerprint density at radius 1 is 0.933 bits per heavy atom. The summed E-state index contributed by atoms with van der Waals surface area (Å²) in [5, 5.41) is 15.2. The average molecular weight is 616 g/mol. The first kappa shape index (κ1) is 31.3. The van der Waals surface area contributed by atoms with Crippen LogP contribution in [0.25, 0.3) is 0 Å². The summed E-state index contributed by atoms with van der Waals surface area (Å²) in [6.07, 6.45) is 3.20. The summed E-state index contributed by atoms with van der Waals surface area (Å²) < 4.78 is 10.8. The van der Waals surface area contributed by atoms with E-state index in [0.29, 0.717) is 66.6 Å². The van der Waals surface area contributed by atoms with E-state index in [2.05, 4.69) is 20.5 Å². The van der Waals surface area contributed by atoms with E-state index in [1.165, 1.54) is 6.20 Å². The van der Waals surface area contributed by atoms with E-state index in [1.54, 1.807) is 54.7 Å². The smallest absolute Gasteiger partial charge is 0.305 e. The highest BCUT2D eigenvalue weighted by atomic mass is 16.7. The molecule has 2 aliphatic rings. The molecule has 0 bridgehead atoms. The molecular formula is C33H37N5O7. The molecule has 0 spiro atoms. The van der Waals surface area contributed by atoms with E-state index in [-0.39, 0.29) is 30.1 Å². The molecule has 5 rings (SSSR count). The number of nitrogens with zero attached hydrogens (tertiary/aromatic N) is 3. The van der Waals surface area contributed by atoms with Gasteiger partial charge in [0.15, 0.2) is 11.5 Å². The van der Waals surface area contributed by atoms with E-state index in [4.69, 9.17) is 9.47 Å². The third-order valence-corrected chi connectivity index (χ3v) is 7.57. The van der Waals surface area contributed by atoms with Gasteiger partial charge in [0.2, 0.25) is 12.7 Å². The van der Waals surface area contributed by atoms with Gasteiger partial charge in [0.05, 0.1) is 23.8 Å². The number of carboxylic acid groups (broad SMARTS) is 1. The Bertz CT molecular complexity index is 1580. The lowest BCUT2D eigenvalue weighted by Crippen LogP contribution is -2.49. The summed E-state index contributed by atoms with van der Waals surface area (Å²) in [6.45, 7) is 8.31. The molecule has 1 saturated heterocycles. The highest BCUT2D eigenvalue weighted by molar-refractivity contribution is 6.07. The first-order valence-electron chi connectivity index (χ1n) is 14.8. The van der Waals surface area contributed by atoms with Gasteiger partial charge in [0.1, 0.15) is 0 Å². The van der Waals surface area contributed by atoms with Crippen molar-refractivity contribution in [2.75, 3.05) is 43.2 Å². The summed E-state index contributed by atoms with van der Waals surface area (Å²) in [4.78, 5) is 59.3. The molecule has 3 N–H and O–H groups in total. The number of carbonyl (C=O) groups is 4. The SMILES string of the molecule is CC(C)(C)CC(=O)N1CCN(c2ccc(C(=O)NC(CC(=O)O)c3cccnc3)cc2NC(=O)c2ccc3c(c2)OCO3)CC1. The van der Waals surface area contributed by atoms with Gasteiger partial charge >= 0.3 is 5.97 Å². The first-order chi connectivity index (χ1) is 21.5. The van der Waals surface area contributed by atoms with Gasteiger partial charge in [-0.05, 0) is 53.4 Å². The molecule has 1 fully saturated rings. The van der Waals surface area contributed by atoms with E-state index in [0.717, 1.165) is 0 Å². The predicted octanol–water partition coefficient (Wildman–Crippen LogP) is 4.09. The standard InChI is InChI=1S/C33H37N5O7/c1-33(2,3)18-29(39)38-13-11-37(12-14-38)26-8-6-21(31(42)35-24(17-30(40)41)23-5-4-10-34-19-23)15-25(26)36-32(43)22-7-9-27-28(16-22)45-20-44-27/h4-10,15-16,19,24H,11-14,17-18,20H2,1-3H3,(H,35,42)(H,36,43)(H,40,41). The second-order valence-electron chi connectivity index (χ2n) is 12.3. The van der Waals surface area contributed by atoms with Crippen LogP contribution in [0.2, 0.25) is 0 Å². The van der Waals surface area contributed by atoms with Crippen LogP contribution in [0.15, 0.2) is 60.9 Å². The molecule has 0 saturated carbocycles. The van der Waals surface area contributed by atoms with E-state index < -0.39 is 23.8 Å². The van der Waals surface area contributed by atoms with Crippen LogP contribution in [0.1, 0.15) is 65.9 Å². The molecule has 1 unspecified atom stereocenters. The molecular weight excluding hydrogens is 578 g/mol. The summed E-state index contributed by atoms with van der Waals surface area (Å²) in [5.74, 6) is -0.870. The Balaban J connectivity index is 1.39. The van der Waals surface area contributed by atoms with Crippen molar-refractivity contribution in [3.05, 3.63) is 77.6 Å². The number of hydrogen-bond donors (Lipinski definition) is 3. The average Bonchev–Trinajstić information content (AvgIpc) is 3.48. The second-order valence-corrected chi connectivity index (χ2v) is 12.3. The van der Waals surface area contributed by atoms with Crippen molar-refractivity contribution >= 4 is 35.1 Å². The fourth-order valence-electron chi connectivity index (χ4n) is 5.30. The number of anilines is 2. The maximum absolute atomic E-state index is 13.4. The second kappa shape index (κ2) is 13.2. The minimum absolute atomic E-state index is 0.0772. The number of pyridine rings is 1. The van der Waals surface area contributed by atoms with Crippen LogP contribution in [0.4, 0.5) is 11.4 Å². The number of rotatable bonds is 9. The summed E-state index contributed by atoms with van der Waals surface area (Å²) >= 11 is 0. The third-order valence-electron chi connectivity index (χ3n) is 7.57. The number of ether oxygens (including phenoxy) is 2. The fourth-order valence-corrected chi connectivity index (χ4v) is 5.30. The van der Waals surface area contributed by atoms with Crippen LogP contribution in [0.5, 0.6) is 11.5 Å². The van der Waals surface area contributed by atoms with Crippen molar-refractivity contribution in [3.63, 3.8) is 0 Å². The van der Waals surface area contributed by atoms with Crippen molar-refractivity contribution in [2.45, 2.75) is 39.7 Å². The lowest BCUT2D eigenvalue weighted by molar-refractivity contribution is -0.137. The topological polar surface area (TPSA) is 150 Å². The van der Waals surface area contributed by atoms with Crippen LogP contribution in [0, 0.1) is 5.41 Å². The largest absolute Gasteiger partial charge is 0.481 e. The van der Waals surface area contributed by atoms with Crippen LogP contribution in [-0.2, 0) is 9.59 Å². The maximum Gasteiger partial charge on any atom is 0.305 e. The molecule has 1 atom stereocenters. The molecule has 236 valence electrons. The van der Waals surface area contributed by atoms with Crippen LogP contribution in [-0.4, -0.2) is 71.7 Å². The zero-order valence-corrected chi connectivity index (χ0v) is 25.5. The number of aliphatic carboxylic acids is 1. The molecule has 3 amide bonds. The number of hydrogen-bond acceptors (Lipinski definition) is 8. The Kier molecular flexibility index (Phi) is 9.21. The van der Waals surface area contributed by atoms with E-state index in [1.807, 2.05) is 25.7 Å². The van der Waals surface area contributed by atoms with Gasteiger partial charge in [-0.1, -0.05) is 26.8 Å². The fraction of sp³-hybridized carbons (Fsp3) is 0.364. The molecule has 12 nitrogen and oxygen atoms in total. The molecule has 3 heterocycles. The molecule has 12 heteroatoms. The van der Waals surface area contributed by atoms with E-state index in [9.17, 15) is 24.3 Å². The highest BCUT2D eigenvalue weighted by Gasteiger charge is 2.27. The zero-order valence-electron chi connectivity index (χ0n) is 25.5. The van der Waals surface area contributed by atoms with Gasteiger partial charge < -0.3 is 35.0 Å². The number of carboxylic acids is 1. The van der Waals surface area contributed by atoms with Gasteiger partial charge in [-0.3, -0.25) is 24.2 Å². The number of aromatic nitrogens is 1. The molecule has 0 aliphatic carbocycles. The molecule has 0 radical (unpaired) electrons. The molecule has 2 aromatic carbocycles. The summed E-state index contributed by atoms with van der Waals surface area (Å²) in [7, 11) is 0. The quantitative estimate of drug-likeness (QED) is 0.323. The third kappa shape index (κ3) is 7.88. The van der Waals surface area contributed by atoms with Crippen LogP contribution in [0.3, 0.4) is 0 Å². The lowest BCUT2D eigenvalue weighted by atomic mass is 9.91. The van der Waals surface area contributed by atoms with Gasteiger partial charge in [0.25, 0.3) is 11.8 Å². The number of carbonyl (C=O) groups excluding carboxylic acids is 3. The number of amides is 3. The first-order valence-corrected chi connectivity index (χ1v) is 14.8. The van der Waals surface area contributed by atoms with Crippen LogP contribution < -0.4 is 25.0 Å². The van der Waals surface area contributed by atoms with Crippen molar-refractivity contribution in [1.29, 1.82) is 0 Å². The maximum atomic E-state index is 13.4. The van der Waals surface area contributed by atoms with Crippen molar-refractivity contribution in [1.82, 2.24) is 15.2 Å². The molecule has 45 heavy (non-hydrogen) atoms. The van der Waals surface area contributed by atoms with Gasteiger partial charge in [-0.25, -0.2) is 0 Å². The number of piperazine rings is 1.